The van der Waals surface area contributed by atoms with E-state index in [2.05, 4.69) is 0 Å². The molecular weight excluding hydrogens is 345 g/mol. The van der Waals surface area contributed by atoms with Crippen molar-refractivity contribution in [1.29, 1.82) is 0 Å². The Morgan fingerprint density at radius 2 is 1.70 bits per heavy atom. The molecule has 2 aromatic carbocycles. The first-order chi connectivity index (χ1) is 13.0. The SMILES string of the molecule is O=C(O)C1CN(C(=O)C2(c3ccccc3F)CCCC2)Cc2ccccc21. The highest BCUT2D eigenvalue weighted by Crippen LogP contribution is 2.44. The molecule has 5 heteroatoms. The van der Waals surface area contributed by atoms with E-state index in [0.717, 1.165) is 24.0 Å². The number of carbonyl (C=O) groups excluding carboxylic acids is 1. The Balaban J connectivity index is 1.73. The lowest BCUT2D eigenvalue weighted by molar-refractivity contribution is -0.143. The summed E-state index contributed by atoms with van der Waals surface area (Å²) in [7, 11) is 0. The van der Waals surface area contributed by atoms with Crippen LogP contribution in [0.15, 0.2) is 48.5 Å². The van der Waals surface area contributed by atoms with Gasteiger partial charge in [-0.2, -0.15) is 0 Å². The molecule has 1 fully saturated rings. The molecule has 2 aliphatic rings. The quantitative estimate of drug-likeness (QED) is 0.897. The normalized spacial score (nSPS) is 20.9. The summed E-state index contributed by atoms with van der Waals surface area (Å²) in [5.74, 6) is -2.20. The van der Waals surface area contributed by atoms with Crippen molar-refractivity contribution in [3.8, 4) is 0 Å². The van der Waals surface area contributed by atoms with Crippen LogP contribution in [0.25, 0.3) is 0 Å². The van der Waals surface area contributed by atoms with Gasteiger partial charge in [-0.3, -0.25) is 9.59 Å². The summed E-state index contributed by atoms with van der Waals surface area (Å²) in [6.45, 7) is 0.496. The monoisotopic (exact) mass is 367 g/mol. The number of amides is 1. The second-order valence-electron chi connectivity index (χ2n) is 7.54. The van der Waals surface area contributed by atoms with Gasteiger partial charge < -0.3 is 10.0 Å². The van der Waals surface area contributed by atoms with E-state index in [-0.39, 0.29) is 18.3 Å². The highest BCUT2D eigenvalue weighted by atomic mass is 19.1. The van der Waals surface area contributed by atoms with Crippen LogP contribution in [-0.2, 0) is 21.5 Å². The lowest BCUT2D eigenvalue weighted by Crippen LogP contribution is -2.49. The Morgan fingerprint density at radius 1 is 1.04 bits per heavy atom. The molecule has 1 saturated carbocycles. The number of nitrogens with zero attached hydrogens (tertiary/aromatic N) is 1. The summed E-state index contributed by atoms with van der Waals surface area (Å²) in [6, 6.07) is 13.9. The zero-order chi connectivity index (χ0) is 19.0. The largest absolute Gasteiger partial charge is 0.481 e. The maximum Gasteiger partial charge on any atom is 0.312 e. The van der Waals surface area contributed by atoms with E-state index in [4.69, 9.17) is 0 Å². The first kappa shape index (κ1) is 17.7. The van der Waals surface area contributed by atoms with Crippen LogP contribution in [0.4, 0.5) is 4.39 Å². The number of hydrogen-bond acceptors (Lipinski definition) is 2. The Kier molecular flexibility index (Phi) is 4.46. The van der Waals surface area contributed by atoms with E-state index in [1.54, 1.807) is 23.1 Å². The standard InChI is InChI=1S/C22H22FNO3/c23-19-10-4-3-9-18(19)22(11-5-6-12-22)21(27)24-13-15-7-1-2-8-16(15)17(14-24)20(25)26/h1-4,7-10,17H,5-6,11-14H2,(H,25,26). The lowest BCUT2D eigenvalue weighted by Gasteiger charge is -2.39. The van der Waals surface area contributed by atoms with Crippen molar-refractivity contribution in [2.45, 2.75) is 43.6 Å². The molecule has 1 unspecified atom stereocenters. The van der Waals surface area contributed by atoms with E-state index < -0.39 is 17.3 Å². The second-order valence-corrected chi connectivity index (χ2v) is 7.54. The molecule has 0 aromatic heterocycles. The Labute approximate surface area is 157 Å². The van der Waals surface area contributed by atoms with Crippen LogP contribution in [0.3, 0.4) is 0 Å². The minimum atomic E-state index is -0.939. The molecule has 1 amide bonds. The van der Waals surface area contributed by atoms with Gasteiger partial charge in [-0.25, -0.2) is 4.39 Å². The summed E-state index contributed by atoms with van der Waals surface area (Å²) in [5.41, 5.74) is 1.17. The number of hydrogen-bond donors (Lipinski definition) is 1. The van der Waals surface area contributed by atoms with E-state index in [0.29, 0.717) is 24.9 Å². The van der Waals surface area contributed by atoms with Crippen molar-refractivity contribution in [3.63, 3.8) is 0 Å². The van der Waals surface area contributed by atoms with Crippen molar-refractivity contribution < 1.29 is 19.1 Å². The molecule has 1 heterocycles. The van der Waals surface area contributed by atoms with Gasteiger partial charge in [0.15, 0.2) is 0 Å². The van der Waals surface area contributed by atoms with Crippen LogP contribution >= 0.6 is 0 Å². The molecule has 1 atom stereocenters. The molecule has 1 N–H and O–H groups in total. The number of carboxylic acid groups (broad SMARTS) is 1. The first-order valence-electron chi connectivity index (χ1n) is 9.38. The molecule has 0 saturated heterocycles. The average molecular weight is 367 g/mol. The van der Waals surface area contributed by atoms with Gasteiger partial charge in [0.2, 0.25) is 5.91 Å². The number of halogens is 1. The van der Waals surface area contributed by atoms with Gasteiger partial charge >= 0.3 is 5.97 Å². The minimum absolute atomic E-state index is 0.126. The second kappa shape index (κ2) is 6.80. The van der Waals surface area contributed by atoms with Gasteiger partial charge in [0.1, 0.15) is 5.82 Å². The van der Waals surface area contributed by atoms with Crippen molar-refractivity contribution in [3.05, 3.63) is 71.0 Å². The van der Waals surface area contributed by atoms with Crippen molar-refractivity contribution in [1.82, 2.24) is 4.90 Å². The Bertz CT molecular complexity index is 889. The smallest absolute Gasteiger partial charge is 0.312 e. The van der Waals surface area contributed by atoms with Crippen LogP contribution in [0.1, 0.15) is 48.3 Å². The molecule has 4 rings (SSSR count). The molecule has 1 aliphatic heterocycles. The number of carbonyl (C=O) groups is 2. The lowest BCUT2D eigenvalue weighted by atomic mass is 9.76. The Morgan fingerprint density at radius 3 is 2.41 bits per heavy atom. The van der Waals surface area contributed by atoms with Crippen molar-refractivity contribution >= 4 is 11.9 Å². The fraction of sp³-hybridized carbons (Fsp3) is 0.364. The number of fused-ring (bicyclic) bond motifs is 1. The molecule has 2 aromatic rings. The zero-order valence-electron chi connectivity index (χ0n) is 15.0. The van der Waals surface area contributed by atoms with Crippen molar-refractivity contribution in [2.75, 3.05) is 6.54 Å². The summed E-state index contributed by atoms with van der Waals surface area (Å²) in [4.78, 5) is 27.1. The van der Waals surface area contributed by atoms with Crippen molar-refractivity contribution in [2.24, 2.45) is 0 Å². The van der Waals surface area contributed by atoms with Crippen LogP contribution in [0, 0.1) is 5.82 Å². The van der Waals surface area contributed by atoms with E-state index in [9.17, 15) is 19.1 Å². The molecule has 140 valence electrons. The predicted octanol–water partition coefficient (Wildman–Crippen LogP) is 3.85. The third kappa shape index (κ3) is 2.91. The van der Waals surface area contributed by atoms with Gasteiger partial charge in [-0.15, -0.1) is 0 Å². The van der Waals surface area contributed by atoms with Gasteiger partial charge in [0.25, 0.3) is 0 Å². The number of aliphatic carboxylic acids is 1. The molecule has 0 bridgehead atoms. The fourth-order valence-corrected chi connectivity index (χ4v) is 4.70. The highest BCUT2D eigenvalue weighted by molar-refractivity contribution is 5.90. The van der Waals surface area contributed by atoms with Gasteiger partial charge in [-0.1, -0.05) is 55.3 Å². The van der Waals surface area contributed by atoms with Gasteiger partial charge in [-0.05, 0) is 30.0 Å². The molecule has 1 aliphatic carbocycles. The Hall–Kier alpha value is -2.69. The van der Waals surface area contributed by atoms with Gasteiger partial charge in [0, 0.05) is 18.7 Å². The van der Waals surface area contributed by atoms with Crippen LogP contribution in [0.2, 0.25) is 0 Å². The topological polar surface area (TPSA) is 57.6 Å². The van der Waals surface area contributed by atoms with E-state index in [1.807, 2.05) is 24.3 Å². The zero-order valence-corrected chi connectivity index (χ0v) is 15.0. The summed E-state index contributed by atoms with van der Waals surface area (Å²) in [6.07, 6.45) is 2.94. The molecule has 27 heavy (non-hydrogen) atoms. The van der Waals surface area contributed by atoms with Crippen LogP contribution in [0.5, 0.6) is 0 Å². The van der Waals surface area contributed by atoms with Crippen LogP contribution < -0.4 is 0 Å². The number of carboxylic acids is 1. The fourth-order valence-electron chi connectivity index (χ4n) is 4.70. The molecule has 0 radical (unpaired) electrons. The minimum Gasteiger partial charge on any atom is -0.481 e. The van der Waals surface area contributed by atoms with E-state index >= 15 is 0 Å². The highest BCUT2D eigenvalue weighted by Gasteiger charge is 2.48. The third-order valence-corrected chi connectivity index (χ3v) is 6.04. The summed E-state index contributed by atoms with van der Waals surface area (Å²) in [5, 5.41) is 9.68. The molecule has 4 nitrogen and oxygen atoms in total. The number of rotatable bonds is 3. The predicted molar refractivity (Wildman–Crippen MR) is 98.8 cm³/mol. The van der Waals surface area contributed by atoms with E-state index in [1.165, 1.54) is 6.07 Å². The third-order valence-electron chi connectivity index (χ3n) is 6.04. The summed E-state index contributed by atoms with van der Waals surface area (Å²) < 4.78 is 14.6. The average Bonchev–Trinajstić information content (AvgIpc) is 3.17. The first-order valence-corrected chi connectivity index (χ1v) is 9.38. The number of benzene rings is 2. The maximum absolute atomic E-state index is 14.6. The molecular formula is C22H22FNO3. The maximum atomic E-state index is 14.6. The van der Waals surface area contributed by atoms with Gasteiger partial charge in [0.05, 0.1) is 11.3 Å². The summed E-state index contributed by atoms with van der Waals surface area (Å²) >= 11 is 0. The molecule has 0 spiro atoms. The van der Waals surface area contributed by atoms with Crippen LogP contribution in [-0.4, -0.2) is 28.4 Å².